The van der Waals surface area contributed by atoms with E-state index in [0.717, 1.165) is 0 Å². The Hall–Kier alpha value is -0.280. The predicted octanol–water partition coefficient (Wildman–Crippen LogP) is 1.90. The van der Waals surface area contributed by atoms with Crippen LogP contribution >= 0.6 is 45.2 Å². The number of halogens is 4. The fourth-order valence-electron chi connectivity index (χ4n) is 1.02. The fraction of sp³-hybridized carbons (Fsp3) is 0.222. The van der Waals surface area contributed by atoms with E-state index in [1.165, 1.54) is 12.1 Å². The highest BCUT2D eigenvalue weighted by molar-refractivity contribution is 14.1. The van der Waals surface area contributed by atoms with Crippen molar-refractivity contribution in [1.29, 1.82) is 0 Å². The Balaban J connectivity index is 2.94. The summed E-state index contributed by atoms with van der Waals surface area (Å²) in [5.74, 6) is -1.84. The third-order valence-corrected chi connectivity index (χ3v) is 4.28. The number of carbonyl (C=O) groups excluding carboxylic acids is 1. The number of hydrogen-bond donors (Lipinski definition) is 1. The molecule has 0 aromatic heterocycles. The van der Waals surface area contributed by atoms with Crippen LogP contribution in [0.25, 0.3) is 0 Å². The lowest BCUT2D eigenvalue weighted by atomic mass is 10.2. The number of ether oxygens (including phenoxy) is 1. The molecule has 1 aromatic carbocycles. The van der Waals surface area contributed by atoms with Crippen LogP contribution < -0.4 is 0 Å². The molecule has 11 heteroatoms. The summed E-state index contributed by atoms with van der Waals surface area (Å²) in [5, 5.41) is 4.87. The summed E-state index contributed by atoms with van der Waals surface area (Å²) in [6.45, 7) is -1.92. The molecular formula is C9H5F2I2O6S-. The molecule has 0 aliphatic carbocycles. The van der Waals surface area contributed by atoms with Gasteiger partial charge in [0.05, 0.1) is 3.57 Å². The van der Waals surface area contributed by atoms with Crippen LogP contribution in [0.15, 0.2) is 12.1 Å². The number of rotatable bonds is 4. The van der Waals surface area contributed by atoms with Crippen molar-refractivity contribution in [2.24, 2.45) is 0 Å². The smallest absolute Gasteiger partial charge is 0.367 e. The molecule has 0 unspecified atom stereocenters. The van der Waals surface area contributed by atoms with Gasteiger partial charge in [-0.1, -0.05) is 0 Å². The number of hydrogen-bond acceptors (Lipinski definition) is 6. The van der Waals surface area contributed by atoms with Gasteiger partial charge >= 0.3 is 11.2 Å². The lowest BCUT2D eigenvalue weighted by molar-refractivity contribution is -0.0101. The molecule has 0 amide bonds. The Morgan fingerprint density at radius 1 is 1.40 bits per heavy atom. The minimum atomic E-state index is -5.93. The summed E-state index contributed by atoms with van der Waals surface area (Å²) < 4.78 is 61.2. The number of phenols is 1. The van der Waals surface area contributed by atoms with Crippen molar-refractivity contribution in [2.45, 2.75) is 5.25 Å². The number of phenolic OH excluding ortho intramolecular Hbond substituents is 1. The Morgan fingerprint density at radius 3 is 2.45 bits per heavy atom. The van der Waals surface area contributed by atoms with Gasteiger partial charge in [0, 0.05) is 3.57 Å². The molecule has 1 aromatic rings. The third-order valence-electron chi connectivity index (χ3n) is 1.99. The monoisotopic (exact) mass is 533 g/mol. The molecule has 1 N–H and O–H groups in total. The van der Waals surface area contributed by atoms with Gasteiger partial charge in [-0.05, 0) is 57.3 Å². The maximum Gasteiger partial charge on any atom is 0.367 e. The summed E-state index contributed by atoms with van der Waals surface area (Å²) in [6, 6.07) is 2.69. The second kappa shape index (κ2) is 6.23. The Kier molecular flexibility index (Phi) is 5.53. The van der Waals surface area contributed by atoms with Crippen LogP contribution in [0.3, 0.4) is 0 Å². The molecular weight excluding hydrogens is 528 g/mol. The minimum absolute atomic E-state index is 0.282. The molecule has 20 heavy (non-hydrogen) atoms. The van der Waals surface area contributed by atoms with Gasteiger partial charge in [-0.2, -0.15) is 8.78 Å². The Bertz CT molecular complexity index is 646. The molecule has 0 bridgehead atoms. The van der Waals surface area contributed by atoms with Gasteiger partial charge in [-0.3, -0.25) is 0 Å². The maximum atomic E-state index is 12.8. The fourth-order valence-corrected chi connectivity index (χ4v) is 3.07. The molecule has 0 spiro atoms. The van der Waals surface area contributed by atoms with E-state index in [1.807, 2.05) is 22.6 Å². The first-order valence-electron chi connectivity index (χ1n) is 4.64. The zero-order chi connectivity index (χ0) is 15.7. The molecule has 0 aliphatic rings. The molecule has 0 radical (unpaired) electrons. The van der Waals surface area contributed by atoms with E-state index < -0.39 is 39.3 Å². The molecule has 0 saturated heterocycles. The normalized spacial score (nSPS) is 12.2. The summed E-state index contributed by atoms with van der Waals surface area (Å²) >= 11 is 3.53. The molecule has 1 rings (SSSR count). The standard InChI is InChI=1S/C9H6F2I2O6S/c10-9(11,20(16,17)18)3-19-8(15)5-1-4(12)2-6(13)7(5)14/h1-2,14H,3H2,(H,16,17,18)/p-1. The second-order valence-electron chi connectivity index (χ2n) is 3.45. The highest BCUT2D eigenvalue weighted by Gasteiger charge is 2.39. The van der Waals surface area contributed by atoms with Gasteiger partial charge in [0.25, 0.3) is 0 Å². The van der Waals surface area contributed by atoms with Crippen LogP contribution in [-0.4, -0.2) is 35.9 Å². The summed E-state index contributed by atoms with van der Waals surface area (Å²) in [4.78, 5) is 11.5. The minimum Gasteiger partial charge on any atom is -0.743 e. The number of alkyl halides is 2. The number of benzene rings is 1. The molecule has 6 nitrogen and oxygen atoms in total. The van der Waals surface area contributed by atoms with E-state index in [4.69, 9.17) is 0 Å². The maximum absolute atomic E-state index is 12.8. The van der Waals surface area contributed by atoms with E-state index >= 15 is 0 Å². The molecule has 0 atom stereocenters. The zero-order valence-corrected chi connectivity index (χ0v) is 14.4. The van der Waals surface area contributed by atoms with Gasteiger partial charge in [-0.15, -0.1) is 0 Å². The van der Waals surface area contributed by atoms with Crippen molar-refractivity contribution in [3.05, 3.63) is 24.8 Å². The summed E-state index contributed by atoms with van der Waals surface area (Å²) in [5.41, 5.74) is -0.402. The van der Waals surface area contributed by atoms with Crippen molar-refractivity contribution in [1.82, 2.24) is 0 Å². The van der Waals surface area contributed by atoms with E-state index in [9.17, 15) is 31.7 Å². The second-order valence-corrected chi connectivity index (χ2v) is 7.36. The topological polar surface area (TPSA) is 104 Å². The predicted molar refractivity (Wildman–Crippen MR) is 78.5 cm³/mol. The molecule has 0 fully saturated rings. The molecule has 0 saturated carbocycles. The van der Waals surface area contributed by atoms with Crippen LogP contribution in [-0.2, 0) is 14.9 Å². The quantitative estimate of drug-likeness (QED) is 0.361. The number of aromatic hydroxyl groups is 1. The van der Waals surface area contributed by atoms with Crippen molar-refractivity contribution in [3.63, 3.8) is 0 Å². The average molecular weight is 533 g/mol. The lowest BCUT2D eigenvalue weighted by Gasteiger charge is -2.19. The highest BCUT2D eigenvalue weighted by atomic mass is 127. The largest absolute Gasteiger partial charge is 0.743 e. The van der Waals surface area contributed by atoms with Crippen LogP contribution in [0.5, 0.6) is 5.75 Å². The van der Waals surface area contributed by atoms with Crippen molar-refractivity contribution in [2.75, 3.05) is 6.61 Å². The first-order chi connectivity index (χ1) is 8.95. The summed E-state index contributed by atoms with van der Waals surface area (Å²) in [7, 11) is -5.93. The Labute approximate surface area is 139 Å². The molecule has 0 aliphatic heterocycles. The van der Waals surface area contributed by atoms with E-state index in [1.54, 1.807) is 22.6 Å². The molecule has 0 heterocycles. The van der Waals surface area contributed by atoms with Crippen molar-refractivity contribution in [3.8, 4) is 5.75 Å². The van der Waals surface area contributed by atoms with E-state index in [0.29, 0.717) is 3.57 Å². The van der Waals surface area contributed by atoms with Gasteiger partial charge in [0.2, 0.25) is 0 Å². The van der Waals surface area contributed by atoms with Gasteiger partial charge in [0.1, 0.15) is 11.3 Å². The summed E-state index contributed by atoms with van der Waals surface area (Å²) in [6.07, 6.45) is 0. The third kappa shape index (κ3) is 4.11. The lowest BCUT2D eigenvalue weighted by Crippen LogP contribution is -2.34. The van der Waals surface area contributed by atoms with Crippen molar-refractivity contribution >= 4 is 61.3 Å². The zero-order valence-electron chi connectivity index (χ0n) is 9.27. The molecule has 112 valence electrons. The highest BCUT2D eigenvalue weighted by Crippen LogP contribution is 2.28. The first kappa shape index (κ1) is 17.8. The van der Waals surface area contributed by atoms with Crippen LogP contribution in [0.2, 0.25) is 0 Å². The number of esters is 1. The Morgan fingerprint density at radius 2 is 1.95 bits per heavy atom. The first-order valence-corrected chi connectivity index (χ1v) is 8.20. The van der Waals surface area contributed by atoms with Crippen LogP contribution in [0.4, 0.5) is 8.78 Å². The van der Waals surface area contributed by atoms with E-state index in [2.05, 4.69) is 4.74 Å². The van der Waals surface area contributed by atoms with Gasteiger partial charge in [-0.25, -0.2) is 13.2 Å². The van der Waals surface area contributed by atoms with Crippen LogP contribution in [0.1, 0.15) is 10.4 Å². The van der Waals surface area contributed by atoms with Crippen molar-refractivity contribution < 1.29 is 36.4 Å². The van der Waals surface area contributed by atoms with Crippen LogP contribution in [0, 0.1) is 7.14 Å². The van der Waals surface area contributed by atoms with E-state index in [-0.39, 0.29) is 3.57 Å². The van der Waals surface area contributed by atoms with Gasteiger partial charge < -0.3 is 14.4 Å². The number of carbonyl (C=O) groups is 1. The average Bonchev–Trinajstić information content (AvgIpc) is 2.29. The SMILES string of the molecule is O=C(OCC(F)(F)S(=O)(=O)[O-])c1cc(I)cc(I)c1O. The van der Waals surface area contributed by atoms with Gasteiger partial charge in [0.15, 0.2) is 16.7 Å².